The van der Waals surface area contributed by atoms with E-state index in [1.807, 2.05) is 35.8 Å². The standard InChI is InChI=1S/C19H22N2O5/c1-4-19(5-2,18(24)26-21-13(3)22)17(23)25-12-15-11-10-14-8-6-7-9-16(14)20-15/h6-11H,4-5,12H2,1-3H3,(H,21,22). The van der Waals surface area contributed by atoms with Crippen molar-refractivity contribution in [1.29, 1.82) is 0 Å². The number of pyridine rings is 1. The summed E-state index contributed by atoms with van der Waals surface area (Å²) in [4.78, 5) is 45.0. The summed E-state index contributed by atoms with van der Waals surface area (Å²) in [7, 11) is 0. The van der Waals surface area contributed by atoms with Gasteiger partial charge in [0.1, 0.15) is 6.61 Å². The second-order valence-electron chi connectivity index (χ2n) is 5.91. The van der Waals surface area contributed by atoms with E-state index in [4.69, 9.17) is 9.57 Å². The maximum Gasteiger partial charge on any atom is 0.349 e. The fourth-order valence-corrected chi connectivity index (χ4v) is 2.59. The van der Waals surface area contributed by atoms with Crippen molar-refractivity contribution in [3.8, 4) is 0 Å². The summed E-state index contributed by atoms with van der Waals surface area (Å²) in [6.45, 7) is 4.53. The van der Waals surface area contributed by atoms with Crippen LogP contribution in [0.2, 0.25) is 0 Å². The van der Waals surface area contributed by atoms with Crippen molar-refractivity contribution in [3.05, 3.63) is 42.1 Å². The van der Waals surface area contributed by atoms with Gasteiger partial charge in [0.25, 0.3) is 0 Å². The lowest BCUT2D eigenvalue weighted by molar-refractivity contribution is -0.180. The average molecular weight is 358 g/mol. The zero-order valence-electron chi connectivity index (χ0n) is 15.1. The molecule has 1 aromatic heterocycles. The Balaban J connectivity index is 2.10. The molecule has 0 unspecified atom stereocenters. The quantitative estimate of drug-likeness (QED) is 0.485. The van der Waals surface area contributed by atoms with Crippen LogP contribution in [-0.4, -0.2) is 22.8 Å². The summed E-state index contributed by atoms with van der Waals surface area (Å²) in [6.07, 6.45) is 0.373. The third-order valence-corrected chi connectivity index (χ3v) is 4.28. The molecule has 138 valence electrons. The third kappa shape index (κ3) is 4.17. The van der Waals surface area contributed by atoms with Crippen molar-refractivity contribution in [1.82, 2.24) is 10.5 Å². The summed E-state index contributed by atoms with van der Waals surface area (Å²) in [5.41, 5.74) is 1.86. The van der Waals surface area contributed by atoms with Crippen molar-refractivity contribution in [2.75, 3.05) is 0 Å². The van der Waals surface area contributed by atoms with Crippen LogP contribution in [0, 0.1) is 5.41 Å². The Morgan fingerprint density at radius 3 is 2.38 bits per heavy atom. The number of amides is 1. The van der Waals surface area contributed by atoms with Gasteiger partial charge in [0.15, 0.2) is 5.41 Å². The van der Waals surface area contributed by atoms with Crippen LogP contribution in [0.15, 0.2) is 36.4 Å². The highest BCUT2D eigenvalue weighted by atomic mass is 16.7. The highest BCUT2D eigenvalue weighted by Crippen LogP contribution is 2.30. The van der Waals surface area contributed by atoms with E-state index >= 15 is 0 Å². The highest BCUT2D eigenvalue weighted by Gasteiger charge is 2.46. The normalized spacial score (nSPS) is 11.0. The van der Waals surface area contributed by atoms with Crippen molar-refractivity contribution < 1.29 is 24.0 Å². The van der Waals surface area contributed by atoms with E-state index in [-0.39, 0.29) is 19.4 Å². The first-order valence-corrected chi connectivity index (χ1v) is 8.42. The van der Waals surface area contributed by atoms with E-state index in [2.05, 4.69) is 4.98 Å². The lowest BCUT2D eigenvalue weighted by atomic mass is 9.82. The molecule has 7 nitrogen and oxygen atoms in total. The van der Waals surface area contributed by atoms with Gasteiger partial charge in [-0.25, -0.2) is 9.78 Å². The Morgan fingerprint density at radius 2 is 1.73 bits per heavy atom. The predicted octanol–water partition coefficient (Wildman–Crippen LogP) is 2.68. The fraction of sp³-hybridized carbons (Fsp3) is 0.368. The zero-order chi connectivity index (χ0) is 19.2. The van der Waals surface area contributed by atoms with Gasteiger partial charge in [-0.2, -0.15) is 5.48 Å². The maximum absolute atomic E-state index is 12.6. The van der Waals surface area contributed by atoms with Gasteiger partial charge in [-0.15, -0.1) is 0 Å². The van der Waals surface area contributed by atoms with Crippen LogP contribution < -0.4 is 5.48 Å². The molecule has 0 aliphatic carbocycles. The number of hydrogen-bond acceptors (Lipinski definition) is 6. The number of nitrogens with one attached hydrogen (secondary N) is 1. The van der Waals surface area contributed by atoms with Crippen LogP contribution in [-0.2, 0) is 30.6 Å². The number of fused-ring (bicyclic) bond motifs is 1. The summed E-state index contributed by atoms with van der Waals surface area (Å²) in [6, 6.07) is 11.3. The largest absolute Gasteiger partial charge is 0.458 e. The number of esters is 1. The lowest BCUT2D eigenvalue weighted by Gasteiger charge is -2.26. The number of nitrogens with zero attached hydrogens (tertiary/aromatic N) is 1. The SMILES string of the molecule is CCC(CC)(C(=O)OCc1ccc2ccccc2n1)C(=O)ONC(C)=O. The predicted molar refractivity (Wildman–Crippen MR) is 94.5 cm³/mol. The van der Waals surface area contributed by atoms with E-state index in [0.717, 1.165) is 10.9 Å². The first kappa shape index (κ1) is 19.4. The van der Waals surface area contributed by atoms with Gasteiger partial charge in [-0.3, -0.25) is 9.59 Å². The molecule has 2 aromatic rings. The number of hydrogen-bond donors (Lipinski definition) is 1. The van der Waals surface area contributed by atoms with E-state index in [1.54, 1.807) is 19.9 Å². The molecule has 0 saturated heterocycles. The van der Waals surface area contributed by atoms with E-state index in [0.29, 0.717) is 5.69 Å². The summed E-state index contributed by atoms with van der Waals surface area (Å²) in [5, 5.41) is 0.984. The van der Waals surface area contributed by atoms with Crippen LogP contribution in [0.5, 0.6) is 0 Å². The Kier molecular flexibility index (Phi) is 6.27. The smallest absolute Gasteiger partial charge is 0.349 e. The molecule has 0 saturated carbocycles. The molecule has 26 heavy (non-hydrogen) atoms. The molecule has 1 aromatic carbocycles. The number of ether oxygens (including phenoxy) is 1. The molecule has 0 fully saturated rings. The molecule has 2 rings (SSSR count). The molecule has 0 bridgehead atoms. The number of carbonyl (C=O) groups excluding carboxylic acids is 3. The lowest BCUT2D eigenvalue weighted by Crippen LogP contribution is -2.43. The van der Waals surface area contributed by atoms with Gasteiger partial charge >= 0.3 is 11.9 Å². The fourth-order valence-electron chi connectivity index (χ4n) is 2.59. The van der Waals surface area contributed by atoms with Crippen molar-refractivity contribution in [2.24, 2.45) is 5.41 Å². The second-order valence-corrected chi connectivity index (χ2v) is 5.91. The second kappa shape index (κ2) is 8.42. The van der Waals surface area contributed by atoms with Gasteiger partial charge in [-0.05, 0) is 25.0 Å². The first-order valence-electron chi connectivity index (χ1n) is 8.42. The maximum atomic E-state index is 12.6. The van der Waals surface area contributed by atoms with Crippen molar-refractivity contribution in [3.63, 3.8) is 0 Å². The number of benzene rings is 1. The number of hydroxylamine groups is 1. The van der Waals surface area contributed by atoms with Gasteiger partial charge in [-0.1, -0.05) is 38.1 Å². The van der Waals surface area contributed by atoms with Gasteiger partial charge in [0.05, 0.1) is 11.2 Å². The Labute approximate surface area is 151 Å². The minimum Gasteiger partial charge on any atom is -0.458 e. The third-order valence-electron chi connectivity index (χ3n) is 4.28. The Hall–Kier alpha value is -2.96. The van der Waals surface area contributed by atoms with Crippen LogP contribution in [0.4, 0.5) is 0 Å². The molecular formula is C19H22N2O5. The molecule has 1 heterocycles. The van der Waals surface area contributed by atoms with Gasteiger partial charge in [0, 0.05) is 12.3 Å². The molecule has 0 aliphatic heterocycles. The van der Waals surface area contributed by atoms with Crippen molar-refractivity contribution in [2.45, 2.75) is 40.2 Å². The number of rotatable bonds is 6. The summed E-state index contributed by atoms with van der Waals surface area (Å²) in [5.74, 6) is -2.07. The van der Waals surface area contributed by atoms with Crippen LogP contribution in [0.3, 0.4) is 0 Å². The number of carbonyl (C=O) groups is 3. The highest BCUT2D eigenvalue weighted by molar-refractivity contribution is 6.00. The summed E-state index contributed by atoms with van der Waals surface area (Å²) < 4.78 is 5.34. The average Bonchev–Trinajstić information content (AvgIpc) is 2.65. The molecule has 0 atom stereocenters. The van der Waals surface area contributed by atoms with Gasteiger partial charge in [0.2, 0.25) is 5.91 Å². The molecule has 1 amide bonds. The topological polar surface area (TPSA) is 94.6 Å². The zero-order valence-corrected chi connectivity index (χ0v) is 15.1. The molecule has 1 N–H and O–H groups in total. The number of aromatic nitrogens is 1. The first-order chi connectivity index (χ1) is 12.4. The van der Waals surface area contributed by atoms with Crippen molar-refractivity contribution >= 4 is 28.7 Å². The minimum absolute atomic E-state index is 0.0567. The minimum atomic E-state index is -1.47. The van der Waals surface area contributed by atoms with E-state index in [1.165, 1.54) is 6.92 Å². The van der Waals surface area contributed by atoms with E-state index in [9.17, 15) is 14.4 Å². The van der Waals surface area contributed by atoms with Crippen LogP contribution in [0.25, 0.3) is 10.9 Å². The van der Waals surface area contributed by atoms with Crippen LogP contribution in [0.1, 0.15) is 39.3 Å². The van der Waals surface area contributed by atoms with Crippen LogP contribution >= 0.6 is 0 Å². The molecular weight excluding hydrogens is 336 g/mol. The molecule has 0 radical (unpaired) electrons. The monoisotopic (exact) mass is 358 g/mol. The Morgan fingerprint density at radius 1 is 1.04 bits per heavy atom. The molecule has 7 heteroatoms. The number of para-hydroxylation sites is 1. The van der Waals surface area contributed by atoms with Gasteiger partial charge < -0.3 is 9.57 Å². The Bertz CT molecular complexity index is 814. The molecule has 0 spiro atoms. The molecule has 0 aliphatic rings. The summed E-state index contributed by atoms with van der Waals surface area (Å²) >= 11 is 0. The van der Waals surface area contributed by atoms with E-state index < -0.39 is 23.3 Å².